The van der Waals surface area contributed by atoms with Crippen LogP contribution in [0, 0.1) is 5.92 Å². The van der Waals surface area contributed by atoms with Crippen molar-refractivity contribution in [1.29, 1.82) is 0 Å². The Hall–Kier alpha value is -0.740. The Morgan fingerprint density at radius 1 is 1.21 bits per heavy atom. The Labute approximate surface area is 124 Å². The van der Waals surface area contributed by atoms with E-state index >= 15 is 0 Å². The number of methoxy groups -OCH3 is 2. The van der Waals surface area contributed by atoms with E-state index in [1.54, 1.807) is 14.2 Å². The van der Waals surface area contributed by atoms with Gasteiger partial charge in [-0.1, -0.05) is 22.9 Å². The number of benzene rings is 1. The van der Waals surface area contributed by atoms with Gasteiger partial charge in [0.05, 0.1) is 14.2 Å². The maximum atomic E-state index is 5.39. The molecule has 19 heavy (non-hydrogen) atoms. The smallest absolute Gasteiger partial charge is 0.161 e. The van der Waals surface area contributed by atoms with Crippen LogP contribution in [-0.2, 0) is 13.0 Å². The van der Waals surface area contributed by atoms with Crippen LogP contribution in [0.25, 0.3) is 0 Å². The molecule has 1 aliphatic heterocycles. The summed E-state index contributed by atoms with van der Waals surface area (Å²) in [6, 6.07) is 4.25. The Kier molecular flexibility index (Phi) is 5.11. The van der Waals surface area contributed by atoms with Gasteiger partial charge in [-0.25, -0.2) is 0 Å². The first kappa shape index (κ1) is 14.7. The molecule has 106 valence electrons. The Morgan fingerprint density at radius 2 is 1.84 bits per heavy atom. The average molecular weight is 328 g/mol. The second-order valence-electron chi connectivity index (χ2n) is 5.22. The predicted molar refractivity (Wildman–Crippen MR) is 81.5 cm³/mol. The zero-order valence-electron chi connectivity index (χ0n) is 11.9. The van der Waals surface area contributed by atoms with Crippen molar-refractivity contribution < 1.29 is 9.47 Å². The minimum Gasteiger partial charge on any atom is -0.493 e. The molecule has 1 aromatic carbocycles. The molecule has 0 saturated heterocycles. The molecule has 1 atom stereocenters. The summed E-state index contributed by atoms with van der Waals surface area (Å²) in [4.78, 5) is 2.51. The fourth-order valence-electron chi connectivity index (χ4n) is 2.59. The molecular weight excluding hydrogens is 306 g/mol. The number of alkyl halides is 1. The zero-order chi connectivity index (χ0) is 13.8. The highest BCUT2D eigenvalue weighted by Gasteiger charge is 2.20. The van der Waals surface area contributed by atoms with Crippen LogP contribution >= 0.6 is 15.9 Å². The largest absolute Gasteiger partial charge is 0.493 e. The summed E-state index contributed by atoms with van der Waals surface area (Å²) < 4.78 is 10.8. The second-order valence-corrected chi connectivity index (χ2v) is 5.87. The topological polar surface area (TPSA) is 21.7 Å². The average Bonchev–Trinajstić information content (AvgIpc) is 2.45. The van der Waals surface area contributed by atoms with Crippen LogP contribution < -0.4 is 9.47 Å². The van der Waals surface area contributed by atoms with Crippen LogP contribution in [0.4, 0.5) is 0 Å². The number of halogens is 1. The molecular formula is C15H22BrNO2. The van der Waals surface area contributed by atoms with E-state index in [9.17, 15) is 0 Å². The third-order valence-corrected chi connectivity index (χ3v) is 4.74. The third-order valence-electron chi connectivity index (χ3n) is 3.63. The van der Waals surface area contributed by atoms with Gasteiger partial charge in [-0.2, -0.15) is 0 Å². The maximum absolute atomic E-state index is 5.39. The fraction of sp³-hybridized carbons (Fsp3) is 0.600. The van der Waals surface area contributed by atoms with Gasteiger partial charge >= 0.3 is 0 Å². The predicted octanol–water partition coefficient (Wildman–Crippen LogP) is 3.09. The number of hydrogen-bond donors (Lipinski definition) is 0. The minimum absolute atomic E-state index is 0.682. The second kappa shape index (κ2) is 6.62. The number of rotatable bonds is 5. The molecule has 1 aliphatic rings. The zero-order valence-corrected chi connectivity index (χ0v) is 13.5. The van der Waals surface area contributed by atoms with Crippen LogP contribution in [0.15, 0.2) is 12.1 Å². The molecule has 0 N–H and O–H groups in total. The van der Waals surface area contributed by atoms with Crippen molar-refractivity contribution in [3.05, 3.63) is 23.3 Å². The normalized spacial score (nSPS) is 16.8. The molecule has 0 aliphatic carbocycles. The lowest BCUT2D eigenvalue weighted by Crippen LogP contribution is -2.34. The van der Waals surface area contributed by atoms with Crippen LogP contribution in [-0.4, -0.2) is 37.5 Å². The Morgan fingerprint density at radius 3 is 2.42 bits per heavy atom. The minimum atomic E-state index is 0.682. The van der Waals surface area contributed by atoms with E-state index in [1.165, 1.54) is 11.1 Å². The van der Waals surface area contributed by atoms with Crippen molar-refractivity contribution in [3.63, 3.8) is 0 Å². The quantitative estimate of drug-likeness (QED) is 0.776. The van der Waals surface area contributed by atoms with Crippen molar-refractivity contribution in [1.82, 2.24) is 4.90 Å². The highest BCUT2D eigenvalue weighted by Crippen LogP contribution is 2.33. The molecule has 1 aromatic rings. The molecule has 1 heterocycles. The summed E-state index contributed by atoms with van der Waals surface area (Å²) in [5, 5.41) is 1.06. The standard InChI is InChI=1S/C15H22BrNO2/c1-11(8-16)9-17-5-4-12-6-14(18-2)15(19-3)7-13(12)10-17/h6-7,11H,4-5,8-10H2,1-3H3. The van der Waals surface area contributed by atoms with Crippen molar-refractivity contribution in [2.45, 2.75) is 19.9 Å². The summed E-state index contributed by atoms with van der Waals surface area (Å²) >= 11 is 3.55. The van der Waals surface area contributed by atoms with Gasteiger partial charge < -0.3 is 9.47 Å². The molecule has 1 unspecified atom stereocenters. The summed E-state index contributed by atoms with van der Waals surface area (Å²) in [6.45, 7) is 5.55. The van der Waals surface area contributed by atoms with Gasteiger partial charge in [-0.3, -0.25) is 4.90 Å². The highest BCUT2D eigenvalue weighted by molar-refractivity contribution is 9.09. The Balaban J connectivity index is 2.15. The van der Waals surface area contributed by atoms with E-state index in [-0.39, 0.29) is 0 Å². The van der Waals surface area contributed by atoms with Gasteiger partial charge in [0.25, 0.3) is 0 Å². The molecule has 3 nitrogen and oxygen atoms in total. The van der Waals surface area contributed by atoms with E-state index in [0.717, 1.165) is 42.9 Å². The van der Waals surface area contributed by atoms with Gasteiger partial charge in [0.2, 0.25) is 0 Å². The van der Waals surface area contributed by atoms with E-state index in [0.29, 0.717) is 5.92 Å². The molecule has 2 rings (SSSR count). The summed E-state index contributed by atoms with van der Waals surface area (Å²) in [5.41, 5.74) is 2.76. The van der Waals surface area contributed by atoms with Crippen molar-refractivity contribution in [2.24, 2.45) is 5.92 Å². The first-order chi connectivity index (χ1) is 9.17. The SMILES string of the molecule is COc1cc2c(cc1OC)CN(CC(C)CBr)CC2. The van der Waals surface area contributed by atoms with E-state index in [4.69, 9.17) is 9.47 Å². The number of nitrogens with zero attached hydrogens (tertiary/aromatic N) is 1. The van der Waals surface area contributed by atoms with Gasteiger partial charge in [-0.15, -0.1) is 0 Å². The van der Waals surface area contributed by atoms with Gasteiger partial charge in [0.15, 0.2) is 11.5 Å². The van der Waals surface area contributed by atoms with Crippen molar-refractivity contribution in [3.8, 4) is 11.5 Å². The van der Waals surface area contributed by atoms with Crippen LogP contribution in [0.2, 0.25) is 0 Å². The lowest BCUT2D eigenvalue weighted by atomic mass is 9.98. The van der Waals surface area contributed by atoms with E-state index in [2.05, 4.69) is 39.9 Å². The lowest BCUT2D eigenvalue weighted by Gasteiger charge is -2.31. The van der Waals surface area contributed by atoms with E-state index < -0.39 is 0 Å². The molecule has 0 amide bonds. The maximum Gasteiger partial charge on any atom is 0.161 e. The fourth-order valence-corrected chi connectivity index (χ4v) is 2.79. The monoisotopic (exact) mass is 327 g/mol. The number of fused-ring (bicyclic) bond motifs is 1. The molecule has 0 aromatic heterocycles. The molecule has 0 saturated carbocycles. The Bertz CT molecular complexity index is 436. The van der Waals surface area contributed by atoms with Crippen LogP contribution in [0.3, 0.4) is 0 Å². The third kappa shape index (κ3) is 3.42. The molecule has 0 radical (unpaired) electrons. The van der Waals surface area contributed by atoms with Crippen LogP contribution in [0.1, 0.15) is 18.1 Å². The lowest BCUT2D eigenvalue weighted by molar-refractivity contribution is 0.227. The van der Waals surface area contributed by atoms with Crippen molar-refractivity contribution in [2.75, 3.05) is 32.6 Å². The van der Waals surface area contributed by atoms with Crippen molar-refractivity contribution >= 4 is 15.9 Å². The highest BCUT2D eigenvalue weighted by atomic mass is 79.9. The number of ether oxygens (including phenoxy) is 2. The number of hydrogen-bond acceptors (Lipinski definition) is 3. The molecule has 0 spiro atoms. The van der Waals surface area contributed by atoms with Gasteiger partial charge in [0.1, 0.15) is 0 Å². The van der Waals surface area contributed by atoms with E-state index in [1.807, 2.05) is 0 Å². The van der Waals surface area contributed by atoms with Gasteiger partial charge in [-0.05, 0) is 35.6 Å². The summed E-state index contributed by atoms with van der Waals surface area (Å²) in [6.07, 6.45) is 1.09. The first-order valence-electron chi connectivity index (χ1n) is 6.70. The summed E-state index contributed by atoms with van der Waals surface area (Å²) in [5.74, 6) is 2.35. The molecule has 0 bridgehead atoms. The van der Waals surface area contributed by atoms with Crippen LogP contribution in [0.5, 0.6) is 11.5 Å². The molecule has 4 heteroatoms. The first-order valence-corrected chi connectivity index (χ1v) is 7.82. The molecule has 0 fully saturated rings. The van der Waals surface area contributed by atoms with Gasteiger partial charge in [0, 0.05) is 25.0 Å². The summed E-state index contributed by atoms with van der Waals surface area (Å²) in [7, 11) is 3.38.